The molecular weight excluding hydrogens is 428 g/mol. The Kier molecular flexibility index (Phi) is 8.94. The van der Waals surface area contributed by atoms with Crippen molar-refractivity contribution in [3.63, 3.8) is 0 Å². The number of rotatable bonds is 5. The molecule has 0 aliphatic carbocycles. The van der Waals surface area contributed by atoms with Crippen molar-refractivity contribution in [2.24, 2.45) is 12.0 Å². The number of nitrogens with one attached hydrogen (secondary N) is 2. The number of amides is 1. The molecule has 1 aromatic heterocycles. The van der Waals surface area contributed by atoms with E-state index in [1.165, 1.54) is 7.05 Å². The zero-order valence-corrected chi connectivity index (χ0v) is 15.3. The zero-order valence-electron chi connectivity index (χ0n) is 13.0. The molecule has 0 atom stereocenters. The number of carbonyl (C=O) groups excluding carboxylic acids is 1. The summed E-state index contributed by atoms with van der Waals surface area (Å²) in [5, 5.41) is 9.61. The Bertz CT molecular complexity index is 531. The minimum Gasteiger partial charge on any atom is -0.351 e. The number of aryl methyl sites for hydroxylation is 1. The molecule has 1 aromatic rings. The fraction of sp³-hybridized carbons (Fsp3) is 0.583. The van der Waals surface area contributed by atoms with Gasteiger partial charge in [0.15, 0.2) is 5.96 Å². The van der Waals surface area contributed by atoms with Crippen molar-refractivity contribution in [2.45, 2.75) is 12.7 Å². The van der Waals surface area contributed by atoms with Crippen LogP contribution in [0.4, 0.5) is 13.2 Å². The van der Waals surface area contributed by atoms with Gasteiger partial charge in [0.2, 0.25) is 5.91 Å². The predicted octanol–water partition coefficient (Wildman–Crippen LogP) is 0.724. The number of carbonyl (C=O) groups is 1. The third kappa shape index (κ3) is 8.04. The van der Waals surface area contributed by atoms with Crippen molar-refractivity contribution in [1.82, 2.24) is 25.3 Å². The molecule has 0 aliphatic rings. The summed E-state index contributed by atoms with van der Waals surface area (Å²) in [6.07, 6.45) is -2.77. The number of nitrogens with zero attached hydrogens (tertiary/aromatic N) is 4. The highest BCUT2D eigenvalue weighted by molar-refractivity contribution is 14.0. The first-order valence-corrected chi connectivity index (χ1v) is 6.45. The number of aromatic nitrogens is 2. The van der Waals surface area contributed by atoms with Gasteiger partial charge in [0, 0.05) is 27.3 Å². The smallest absolute Gasteiger partial charge is 0.351 e. The van der Waals surface area contributed by atoms with Crippen molar-refractivity contribution >= 4 is 35.8 Å². The van der Waals surface area contributed by atoms with Gasteiger partial charge in [-0.3, -0.25) is 14.5 Å². The summed E-state index contributed by atoms with van der Waals surface area (Å²) in [5.41, 5.74) is 0.892. The molecule has 0 aliphatic heterocycles. The van der Waals surface area contributed by atoms with E-state index in [0.717, 1.165) is 12.7 Å². The van der Waals surface area contributed by atoms with Crippen LogP contribution < -0.4 is 10.6 Å². The van der Waals surface area contributed by atoms with Crippen LogP contribution in [0.1, 0.15) is 5.69 Å². The zero-order chi connectivity index (χ0) is 16.8. The van der Waals surface area contributed by atoms with Crippen molar-refractivity contribution in [3.8, 4) is 0 Å². The molecule has 1 rings (SSSR count). The van der Waals surface area contributed by atoms with Crippen molar-refractivity contribution in [1.29, 1.82) is 0 Å². The average Bonchev–Trinajstić information content (AvgIpc) is 2.82. The van der Waals surface area contributed by atoms with Gasteiger partial charge in [-0.05, 0) is 6.07 Å². The number of alkyl halides is 3. The molecule has 1 heterocycles. The van der Waals surface area contributed by atoms with Crippen LogP contribution in [0, 0.1) is 0 Å². The highest BCUT2D eigenvalue weighted by atomic mass is 127. The summed E-state index contributed by atoms with van der Waals surface area (Å²) < 4.78 is 38.2. The monoisotopic (exact) mass is 448 g/mol. The summed E-state index contributed by atoms with van der Waals surface area (Å²) in [5.74, 6) is -0.365. The summed E-state index contributed by atoms with van der Waals surface area (Å²) in [7, 11) is 4.38. The van der Waals surface area contributed by atoms with E-state index in [1.54, 1.807) is 17.9 Å². The quantitative estimate of drug-likeness (QED) is 0.396. The van der Waals surface area contributed by atoms with E-state index in [-0.39, 0.29) is 30.5 Å². The molecule has 0 bridgehead atoms. The number of hydrogen-bond acceptors (Lipinski definition) is 3. The SMILES string of the molecule is CN=C(NCC(=O)N(C)CC(F)(F)F)NCc1ccnn1C.I. The third-order valence-electron chi connectivity index (χ3n) is 2.83. The first kappa shape index (κ1) is 21.5. The molecule has 7 nitrogen and oxygen atoms in total. The Hall–Kier alpha value is -1.53. The highest BCUT2D eigenvalue weighted by Gasteiger charge is 2.31. The average molecular weight is 448 g/mol. The van der Waals surface area contributed by atoms with Crippen LogP contribution >= 0.6 is 24.0 Å². The van der Waals surface area contributed by atoms with Gasteiger partial charge < -0.3 is 15.5 Å². The summed E-state index contributed by atoms with van der Waals surface area (Å²) >= 11 is 0. The van der Waals surface area contributed by atoms with E-state index in [1.807, 2.05) is 6.07 Å². The Morgan fingerprint density at radius 2 is 2.09 bits per heavy atom. The van der Waals surface area contributed by atoms with E-state index in [0.29, 0.717) is 17.4 Å². The molecule has 0 saturated carbocycles. The Balaban J connectivity index is 0.00000484. The van der Waals surface area contributed by atoms with Crippen LogP contribution in [-0.2, 0) is 18.4 Å². The number of aliphatic imine (C=N–C) groups is 1. The van der Waals surface area contributed by atoms with E-state index in [9.17, 15) is 18.0 Å². The maximum absolute atomic E-state index is 12.2. The number of guanidine groups is 1. The largest absolute Gasteiger partial charge is 0.406 e. The Morgan fingerprint density at radius 1 is 1.43 bits per heavy atom. The summed E-state index contributed by atoms with van der Waals surface area (Å²) in [6, 6.07) is 1.81. The standard InChI is InChI=1S/C12H19F3N6O.HI/c1-16-11(17-6-9-4-5-19-21(9)3)18-7-10(22)20(2)8-12(13,14)15;/h4-5H,6-8H2,1-3H3,(H2,16,17,18);1H. The lowest BCUT2D eigenvalue weighted by Gasteiger charge is -2.20. The lowest BCUT2D eigenvalue weighted by Crippen LogP contribution is -2.45. The van der Waals surface area contributed by atoms with Gasteiger partial charge in [0.05, 0.1) is 18.8 Å². The fourth-order valence-corrected chi connectivity index (χ4v) is 1.62. The van der Waals surface area contributed by atoms with Gasteiger partial charge in [-0.1, -0.05) is 0 Å². The molecule has 1 amide bonds. The van der Waals surface area contributed by atoms with E-state index < -0.39 is 18.6 Å². The molecule has 132 valence electrons. The normalized spacial score (nSPS) is 11.7. The molecular formula is C12H20F3IN6O. The maximum atomic E-state index is 12.2. The van der Waals surface area contributed by atoms with E-state index in [2.05, 4.69) is 20.7 Å². The van der Waals surface area contributed by atoms with Crippen molar-refractivity contribution in [3.05, 3.63) is 18.0 Å². The van der Waals surface area contributed by atoms with Crippen LogP contribution in [0.15, 0.2) is 17.3 Å². The van der Waals surface area contributed by atoms with Gasteiger partial charge in [0.1, 0.15) is 6.54 Å². The second kappa shape index (κ2) is 9.57. The Labute approximate surface area is 149 Å². The van der Waals surface area contributed by atoms with Crippen LogP contribution in [0.3, 0.4) is 0 Å². The van der Waals surface area contributed by atoms with Gasteiger partial charge >= 0.3 is 6.18 Å². The summed E-state index contributed by atoms with van der Waals surface area (Å²) in [6.45, 7) is -1.14. The van der Waals surface area contributed by atoms with Crippen LogP contribution in [0.2, 0.25) is 0 Å². The molecule has 11 heteroatoms. The lowest BCUT2D eigenvalue weighted by molar-refractivity contribution is -0.157. The topological polar surface area (TPSA) is 74.6 Å². The molecule has 0 saturated heterocycles. The summed E-state index contributed by atoms with van der Waals surface area (Å²) in [4.78, 5) is 16.1. The van der Waals surface area contributed by atoms with Gasteiger partial charge in [-0.2, -0.15) is 18.3 Å². The molecule has 0 fully saturated rings. The highest BCUT2D eigenvalue weighted by Crippen LogP contribution is 2.15. The molecule has 0 unspecified atom stereocenters. The maximum Gasteiger partial charge on any atom is 0.406 e. The van der Waals surface area contributed by atoms with Crippen molar-refractivity contribution < 1.29 is 18.0 Å². The van der Waals surface area contributed by atoms with E-state index >= 15 is 0 Å². The second-order valence-corrected chi connectivity index (χ2v) is 4.59. The Morgan fingerprint density at radius 3 is 2.57 bits per heavy atom. The second-order valence-electron chi connectivity index (χ2n) is 4.59. The number of halogens is 4. The van der Waals surface area contributed by atoms with Gasteiger partial charge in [-0.25, -0.2) is 0 Å². The van der Waals surface area contributed by atoms with Crippen LogP contribution in [0.5, 0.6) is 0 Å². The van der Waals surface area contributed by atoms with Crippen LogP contribution in [0.25, 0.3) is 0 Å². The molecule has 23 heavy (non-hydrogen) atoms. The molecule has 0 aromatic carbocycles. The third-order valence-corrected chi connectivity index (χ3v) is 2.83. The van der Waals surface area contributed by atoms with E-state index in [4.69, 9.17) is 0 Å². The molecule has 0 spiro atoms. The molecule has 0 radical (unpaired) electrons. The first-order chi connectivity index (χ1) is 10.2. The lowest BCUT2D eigenvalue weighted by atomic mass is 10.4. The minimum absolute atomic E-state index is 0. The van der Waals surface area contributed by atoms with Gasteiger partial charge in [0.25, 0.3) is 0 Å². The molecule has 2 N–H and O–H groups in total. The van der Waals surface area contributed by atoms with Crippen LogP contribution in [-0.4, -0.2) is 59.9 Å². The number of likely N-dealkylation sites (N-methyl/N-ethyl adjacent to an activating group) is 1. The number of hydrogen-bond donors (Lipinski definition) is 2. The van der Waals surface area contributed by atoms with Gasteiger partial charge in [-0.15, -0.1) is 24.0 Å². The first-order valence-electron chi connectivity index (χ1n) is 6.45. The minimum atomic E-state index is -4.41. The fourth-order valence-electron chi connectivity index (χ4n) is 1.62. The van der Waals surface area contributed by atoms with Crippen molar-refractivity contribution in [2.75, 3.05) is 27.2 Å². The predicted molar refractivity (Wildman–Crippen MR) is 90.5 cm³/mol.